The van der Waals surface area contributed by atoms with Gasteiger partial charge in [-0.25, -0.2) is 4.79 Å². The monoisotopic (exact) mass is 208 g/mol. The number of hydrogen-bond acceptors (Lipinski definition) is 4. The van der Waals surface area contributed by atoms with Crippen molar-refractivity contribution in [1.82, 2.24) is 4.98 Å². The lowest BCUT2D eigenvalue weighted by Crippen LogP contribution is -2.07. The van der Waals surface area contributed by atoms with Crippen molar-refractivity contribution < 1.29 is 9.53 Å². The van der Waals surface area contributed by atoms with E-state index in [1.807, 2.05) is 6.07 Å². The molecule has 0 atom stereocenters. The minimum atomic E-state index is -0.504. The third kappa shape index (κ3) is 2.41. The van der Waals surface area contributed by atoms with Crippen molar-refractivity contribution in [2.45, 2.75) is 6.92 Å². The second-order valence-electron chi connectivity index (χ2n) is 2.48. The maximum Gasteiger partial charge on any atom is 0.354 e. The molecule has 0 aliphatic rings. The molecule has 1 N–H and O–H groups in total. The van der Waals surface area contributed by atoms with E-state index in [0.29, 0.717) is 10.2 Å². The Balaban J connectivity index is 3.11. The first-order chi connectivity index (χ1) is 6.67. The Labute approximate surface area is 86.1 Å². The second kappa shape index (κ2) is 4.53. The van der Waals surface area contributed by atoms with Gasteiger partial charge in [-0.2, -0.15) is 5.26 Å². The van der Waals surface area contributed by atoms with Crippen LogP contribution in [0, 0.1) is 16.0 Å². The van der Waals surface area contributed by atoms with Crippen LogP contribution >= 0.6 is 12.2 Å². The van der Waals surface area contributed by atoms with Gasteiger partial charge in [0.2, 0.25) is 0 Å². The Kier molecular flexibility index (Phi) is 3.37. The van der Waals surface area contributed by atoms with Crippen molar-refractivity contribution in [3.8, 4) is 6.07 Å². The Morgan fingerprint density at radius 3 is 3.00 bits per heavy atom. The predicted octanol–water partition coefficient (Wildman–Crippen LogP) is 1.79. The number of esters is 1. The zero-order chi connectivity index (χ0) is 10.6. The van der Waals surface area contributed by atoms with E-state index in [1.165, 1.54) is 12.1 Å². The molecule has 1 aromatic heterocycles. The number of nitriles is 1. The summed E-state index contributed by atoms with van der Waals surface area (Å²) in [5.41, 5.74) is 0.549. The van der Waals surface area contributed by atoms with Gasteiger partial charge in [-0.15, -0.1) is 0 Å². The molecule has 0 radical (unpaired) electrons. The van der Waals surface area contributed by atoms with E-state index in [0.717, 1.165) is 0 Å². The van der Waals surface area contributed by atoms with E-state index in [9.17, 15) is 4.79 Å². The summed E-state index contributed by atoms with van der Waals surface area (Å²) in [6, 6.07) is 4.81. The minimum Gasteiger partial charge on any atom is -0.461 e. The van der Waals surface area contributed by atoms with Crippen LogP contribution < -0.4 is 0 Å². The molecule has 1 rings (SSSR count). The molecule has 0 unspecified atom stereocenters. The topological polar surface area (TPSA) is 65.9 Å². The van der Waals surface area contributed by atoms with E-state index >= 15 is 0 Å². The van der Waals surface area contributed by atoms with Crippen molar-refractivity contribution in [3.05, 3.63) is 28.0 Å². The van der Waals surface area contributed by atoms with Gasteiger partial charge in [-0.1, -0.05) is 12.2 Å². The van der Waals surface area contributed by atoms with Crippen LogP contribution in [-0.2, 0) is 4.74 Å². The molecule has 5 heteroatoms. The van der Waals surface area contributed by atoms with Gasteiger partial charge in [0.25, 0.3) is 0 Å². The molecule has 0 aromatic carbocycles. The van der Waals surface area contributed by atoms with Gasteiger partial charge in [0.15, 0.2) is 0 Å². The van der Waals surface area contributed by atoms with Crippen LogP contribution in [0.4, 0.5) is 0 Å². The molecule has 0 bridgehead atoms. The van der Waals surface area contributed by atoms with Gasteiger partial charge in [0, 0.05) is 0 Å². The van der Waals surface area contributed by atoms with E-state index in [2.05, 4.69) is 4.98 Å². The van der Waals surface area contributed by atoms with Gasteiger partial charge >= 0.3 is 5.97 Å². The van der Waals surface area contributed by atoms with E-state index in [1.54, 1.807) is 6.92 Å². The molecule has 0 aliphatic heterocycles. The summed E-state index contributed by atoms with van der Waals surface area (Å²) in [6.07, 6.45) is 0. The zero-order valence-corrected chi connectivity index (χ0v) is 8.35. The maximum atomic E-state index is 11.3. The highest BCUT2D eigenvalue weighted by molar-refractivity contribution is 7.71. The van der Waals surface area contributed by atoms with Crippen molar-refractivity contribution in [3.63, 3.8) is 0 Å². The number of carbonyl (C=O) groups excluding carboxylic acids is 1. The summed E-state index contributed by atoms with van der Waals surface area (Å²) in [5.74, 6) is -0.504. The molecule has 0 saturated carbocycles. The average molecular weight is 208 g/mol. The van der Waals surface area contributed by atoms with Crippen LogP contribution in [0.25, 0.3) is 0 Å². The number of aromatic amines is 1. The number of ether oxygens (including phenoxy) is 1. The summed E-state index contributed by atoms with van der Waals surface area (Å²) < 4.78 is 5.10. The van der Waals surface area contributed by atoms with Crippen LogP contribution in [0.5, 0.6) is 0 Å². The van der Waals surface area contributed by atoms with Gasteiger partial charge in [0.1, 0.15) is 10.3 Å². The number of hydrogen-bond donors (Lipinski definition) is 1. The van der Waals surface area contributed by atoms with E-state index < -0.39 is 5.97 Å². The number of nitrogens with zero attached hydrogens (tertiary/aromatic N) is 1. The normalized spacial score (nSPS) is 9.14. The highest BCUT2D eigenvalue weighted by Crippen LogP contribution is 2.03. The molecule has 4 nitrogen and oxygen atoms in total. The number of rotatable bonds is 2. The molecule has 1 aromatic rings. The molecule has 0 spiro atoms. The lowest BCUT2D eigenvalue weighted by molar-refractivity contribution is 0.0519. The highest BCUT2D eigenvalue weighted by atomic mass is 32.1. The standard InChI is InChI=1S/C9H8N2O2S/c1-2-13-9(12)7-3-6(5-10)4-8(14)11-7/h3-4H,2H2,1H3,(H,11,14). The summed E-state index contributed by atoms with van der Waals surface area (Å²) in [5, 5.41) is 8.64. The van der Waals surface area contributed by atoms with Gasteiger partial charge in [0.05, 0.1) is 18.2 Å². The zero-order valence-electron chi connectivity index (χ0n) is 7.53. The fourth-order valence-corrected chi connectivity index (χ4v) is 1.16. The molecule has 14 heavy (non-hydrogen) atoms. The number of H-pyrrole nitrogens is 1. The third-order valence-electron chi connectivity index (χ3n) is 1.47. The van der Waals surface area contributed by atoms with Crippen LogP contribution in [0.3, 0.4) is 0 Å². The van der Waals surface area contributed by atoms with Gasteiger partial charge in [-0.05, 0) is 19.1 Å². The average Bonchev–Trinajstić information content (AvgIpc) is 2.17. The fraction of sp³-hybridized carbons (Fsp3) is 0.222. The van der Waals surface area contributed by atoms with E-state index in [4.69, 9.17) is 22.2 Å². The van der Waals surface area contributed by atoms with Gasteiger partial charge < -0.3 is 9.72 Å². The quantitative estimate of drug-likeness (QED) is 0.594. The molecule has 0 fully saturated rings. The Morgan fingerprint density at radius 2 is 2.43 bits per heavy atom. The number of pyridine rings is 1. The molecule has 72 valence electrons. The summed E-state index contributed by atoms with van der Waals surface area (Å²) in [7, 11) is 0. The second-order valence-corrected chi connectivity index (χ2v) is 2.92. The third-order valence-corrected chi connectivity index (χ3v) is 1.69. The molecular formula is C9H8N2O2S. The number of nitrogens with one attached hydrogen (secondary N) is 1. The van der Waals surface area contributed by atoms with Crippen molar-refractivity contribution in [2.75, 3.05) is 6.61 Å². The summed E-state index contributed by atoms with van der Waals surface area (Å²) in [4.78, 5) is 13.9. The maximum absolute atomic E-state index is 11.3. The molecular weight excluding hydrogens is 200 g/mol. The number of aromatic nitrogens is 1. The first-order valence-electron chi connectivity index (χ1n) is 3.99. The first-order valence-corrected chi connectivity index (χ1v) is 4.39. The van der Waals surface area contributed by atoms with Crippen LogP contribution in [0.2, 0.25) is 0 Å². The smallest absolute Gasteiger partial charge is 0.354 e. The summed E-state index contributed by atoms with van der Waals surface area (Å²) >= 11 is 4.84. The molecule has 0 amide bonds. The molecule has 0 aliphatic carbocycles. The Hall–Kier alpha value is -1.67. The SMILES string of the molecule is CCOC(=O)c1cc(C#N)cc(=S)[nH]1. The van der Waals surface area contributed by atoms with Crippen molar-refractivity contribution in [1.29, 1.82) is 5.26 Å². The van der Waals surface area contributed by atoms with Crippen molar-refractivity contribution >= 4 is 18.2 Å². The van der Waals surface area contributed by atoms with Crippen molar-refractivity contribution in [2.24, 2.45) is 0 Å². The predicted molar refractivity (Wildman–Crippen MR) is 52.3 cm³/mol. The lowest BCUT2D eigenvalue weighted by atomic mass is 10.2. The summed E-state index contributed by atoms with van der Waals surface area (Å²) in [6.45, 7) is 2.00. The molecule has 0 saturated heterocycles. The van der Waals surface area contributed by atoms with Crippen LogP contribution in [0.1, 0.15) is 23.0 Å². The lowest BCUT2D eigenvalue weighted by Gasteiger charge is -2.01. The fourth-order valence-electron chi connectivity index (χ4n) is 0.927. The Bertz CT molecular complexity index is 445. The minimum absolute atomic E-state index is 0.205. The van der Waals surface area contributed by atoms with Crippen LogP contribution in [-0.4, -0.2) is 17.6 Å². The first kappa shape index (κ1) is 10.4. The van der Waals surface area contributed by atoms with E-state index in [-0.39, 0.29) is 12.3 Å². The molecule has 1 heterocycles. The number of carbonyl (C=O) groups is 1. The Morgan fingerprint density at radius 1 is 1.71 bits per heavy atom. The van der Waals surface area contributed by atoms with Gasteiger partial charge in [-0.3, -0.25) is 0 Å². The highest BCUT2D eigenvalue weighted by Gasteiger charge is 2.07. The largest absolute Gasteiger partial charge is 0.461 e. The van der Waals surface area contributed by atoms with Crippen LogP contribution in [0.15, 0.2) is 12.1 Å².